The fourth-order valence-electron chi connectivity index (χ4n) is 6.84. The number of ketones is 1. The van der Waals surface area contributed by atoms with Crippen LogP contribution in [0.1, 0.15) is 61.6 Å². The average Bonchev–Trinajstić information content (AvgIpc) is 3.54. The maximum absolute atomic E-state index is 14.1. The van der Waals surface area contributed by atoms with Crippen LogP contribution in [0, 0.1) is 28.6 Å². The van der Waals surface area contributed by atoms with Crippen LogP contribution in [0.4, 0.5) is 0 Å². The molecule has 7 atom stereocenters. The van der Waals surface area contributed by atoms with Crippen LogP contribution in [0.5, 0.6) is 0 Å². The lowest BCUT2D eigenvalue weighted by Crippen LogP contribution is -2.64. The summed E-state index contributed by atoms with van der Waals surface area (Å²) in [4.78, 5) is 52.9. The SMILES string of the molecule is COC(=O)[C@@H]1C[C@H](OC(=O)c2ccoc2)C(=O)[C@H]2[C@@]1(C)CC[C@H]1C(=O)O[C@H](c3ccoc3)C[C@]21C. The van der Waals surface area contributed by atoms with Crippen molar-refractivity contribution in [1.29, 1.82) is 0 Å². The molecule has 3 aliphatic rings. The third-order valence-corrected chi connectivity index (χ3v) is 8.51. The van der Waals surface area contributed by atoms with Crippen molar-refractivity contribution in [2.75, 3.05) is 7.11 Å². The quantitative estimate of drug-likeness (QED) is 0.470. The molecule has 2 aromatic rings. The van der Waals surface area contributed by atoms with E-state index in [0.717, 1.165) is 0 Å². The first-order valence-corrected chi connectivity index (χ1v) is 11.8. The molecule has 1 aliphatic heterocycles. The van der Waals surface area contributed by atoms with Crippen LogP contribution in [-0.4, -0.2) is 36.9 Å². The average molecular weight is 485 g/mol. The van der Waals surface area contributed by atoms with Gasteiger partial charge in [-0.3, -0.25) is 14.4 Å². The van der Waals surface area contributed by atoms with E-state index in [4.69, 9.17) is 23.0 Å². The highest BCUT2D eigenvalue weighted by atomic mass is 16.6. The van der Waals surface area contributed by atoms with Crippen LogP contribution < -0.4 is 0 Å². The van der Waals surface area contributed by atoms with E-state index >= 15 is 0 Å². The second kappa shape index (κ2) is 8.39. The number of hydrogen-bond donors (Lipinski definition) is 0. The molecule has 3 fully saturated rings. The molecule has 35 heavy (non-hydrogen) atoms. The fourth-order valence-corrected chi connectivity index (χ4v) is 6.84. The third kappa shape index (κ3) is 3.59. The molecule has 2 saturated carbocycles. The van der Waals surface area contributed by atoms with Crippen molar-refractivity contribution >= 4 is 23.7 Å². The van der Waals surface area contributed by atoms with E-state index in [1.165, 1.54) is 38.2 Å². The van der Waals surface area contributed by atoms with Crippen molar-refractivity contribution < 1.29 is 42.2 Å². The number of carbonyl (C=O) groups excluding carboxylic acids is 4. The number of furan rings is 2. The van der Waals surface area contributed by atoms with Gasteiger partial charge in [0.2, 0.25) is 0 Å². The molecule has 9 nitrogen and oxygen atoms in total. The first kappa shape index (κ1) is 23.4. The van der Waals surface area contributed by atoms with Crippen LogP contribution >= 0.6 is 0 Å². The number of methoxy groups -OCH3 is 1. The van der Waals surface area contributed by atoms with Crippen molar-refractivity contribution in [3.63, 3.8) is 0 Å². The summed E-state index contributed by atoms with van der Waals surface area (Å²) in [5.74, 6) is -3.74. The van der Waals surface area contributed by atoms with Gasteiger partial charge in [0.05, 0.1) is 43.3 Å². The van der Waals surface area contributed by atoms with Gasteiger partial charge in [0.25, 0.3) is 0 Å². The Kier molecular flexibility index (Phi) is 5.61. The summed E-state index contributed by atoms with van der Waals surface area (Å²) in [5, 5.41) is 0. The van der Waals surface area contributed by atoms with Gasteiger partial charge in [-0.1, -0.05) is 13.8 Å². The number of Topliss-reactive ketones (excluding diaryl/α,β-unsaturated/α-hetero) is 1. The number of fused-ring (bicyclic) bond motifs is 3. The standard InChI is InChI=1S/C26H28O9/c1-25-7-4-16-24(30)35-19(14-5-8-32-12-14)11-26(16,2)21(25)20(27)18(10-17(25)23(29)31-3)34-22(28)15-6-9-33-13-15/h5-6,8-9,12-13,16-19,21H,4,7,10-11H2,1-3H3/t16-,17-,18-,19-,21-,25-,26-/m0/s1. The van der Waals surface area contributed by atoms with Gasteiger partial charge < -0.3 is 23.0 Å². The number of ether oxygens (including phenoxy) is 3. The predicted molar refractivity (Wildman–Crippen MR) is 118 cm³/mol. The minimum Gasteiger partial charge on any atom is -0.472 e. The van der Waals surface area contributed by atoms with Crippen molar-refractivity contribution in [2.45, 2.75) is 51.7 Å². The number of hydrogen-bond acceptors (Lipinski definition) is 9. The van der Waals surface area contributed by atoms with Crippen LogP contribution in [0.3, 0.4) is 0 Å². The Bertz CT molecular complexity index is 1130. The summed E-state index contributed by atoms with van der Waals surface area (Å²) in [6.07, 6.45) is 5.24. The maximum atomic E-state index is 14.1. The van der Waals surface area contributed by atoms with E-state index in [1.54, 1.807) is 6.07 Å². The van der Waals surface area contributed by atoms with Crippen LogP contribution in [-0.2, 0) is 28.6 Å². The summed E-state index contributed by atoms with van der Waals surface area (Å²) in [5.41, 5.74) is -0.711. The normalized spacial score (nSPS) is 36.5. The van der Waals surface area contributed by atoms with E-state index in [1.807, 2.05) is 13.8 Å². The smallest absolute Gasteiger partial charge is 0.342 e. The Morgan fingerprint density at radius 3 is 2.46 bits per heavy atom. The van der Waals surface area contributed by atoms with E-state index in [-0.39, 0.29) is 23.7 Å². The lowest BCUT2D eigenvalue weighted by Gasteiger charge is -2.61. The summed E-state index contributed by atoms with van der Waals surface area (Å²) in [6.45, 7) is 3.83. The molecule has 1 saturated heterocycles. The first-order valence-electron chi connectivity index (χ1n) is 11.8. The topological polar surface area (TPSA) is 122 Å². The van der Waals surface area contributed by atoms with Crippen LogP contribution in [0.15, 0.2) is 46.0 Å². The zero-order valence-corrected chi connectivity index (χ0v) is 19.9. The molecule has 5 rings (SSSR count). The molecule has 0 bridgehead atoms. The Labute approximate surface area is 202 Å². The molecule has 0 unspecified atom stereocenters. The monoisotopic (exact) mass is 484 g/mol. The predicted octanol–water partition coefficient (Wildman–Crippen LogP) is 3.89. The number of cyclic esters (lactones) is 1. The molecule has 0 aromatic carbocycles. The molecule has 0 spiro atoms. The molecular weight excluding hydrogens is 456 g/mol. The Morgan fingerprint density at radius 1 is 1.06 bits per heavy atom. The van der Waals surface area contributed by atoms with Gasteiger partial charge in [-0.25, -0.2) is 4.79 Å². The van der Waals surface area contributed by atoms with Crippen molar-refractivity contribution in [2.24, 2.45) is 28.6 Å². The molecule has 0 N–H and O–H groups in total. The third-order valence-electron chi connectivity index (χ3n) is 8.51. The van der Waals surface area contributed by atoms with Crippen molar-refractivity contribution in [3.05, 3.63) is 48.3 Å². The van der Waals surface area contributed by atoms with E-state index in [9.17, 15) is 19.2 Å². The summed E-state index contributed by atoms with van der Waals surface area (Å²) < 4.78 is 26.7. The molecule has 0 radical (unpaired) electrons. The van der Waals surface area contributed by atoms with Crippen molar-refractivity contribution in [1.82, 2.24) is 0 Å². The van der Waals surface area contributed by atoms with Gasteiger partial charge >= 0.3 is 17.9 Å². The van der Waals surface area contributed by atoms with E-state index < -0.39 is 52.7 Å². The van der Waals surface area contributed by atoms with Crippen LogP contribution in [0.25, 0.3) is 0 Å². The van der Waals surface area contributed by atoms with E-state index in [2.05, 4.69) is 0 Å². The number of rotatable bonds is 4. The van der Waals surface area contributed by atoms with E-state index in [0.29, 0.717) is 24.8 Å². The minimum absolute atomic E-state index is 0.0262. The molecule has 0 amide bonds. The highest BCUT2D eigenvalue weighted by molar-refractivity contribution is 5.96. The second-order valence-corrected chi connectivity index (χ2v) is 10.3. The molecular formula is C26H28O9. The largest absolute Gasteiger partial charge is 0.472 e. The lowest BCUT2D eigenvalue weighted by atomic mass is 9.43. The van der Waals surface area contributed by atoms with Gasteiger partial charge in [0, 0.05) is 17.9 Å². The zero-order chi connectivity index (χ0) is 25.0. The van der Waals surface area contributed by atoms with Gasteiger partial charge in [0.1, 0.15) is 12.4 Å². The molecule has 186 valence electrons. The molecule has 3 heterocycles. The highest BCUT2D eigenvalue weighted by Gasteiger charge is 2.67. The number of esters is 3. The van der Waals surface area contributed by atoms with Crippen LogP contribution in [0.2, 0.25) is 0 Å². The van der Waals surface area contributed by atoms with Gasteiger partial charge in [-0.05, 0) is 42.2 Å². The summed E-state index contributed by atoms with van der Waals surface area (Å²) in [7, 11) is 1.31. The summed E-state index contributed by atoms with van der Waals surface area (Å²) in [6, 6.07) is 3.18. The molecule has 2 aromatic heterocycles. The maximum Gasteiger partial charge on any atom is 0.342 e. The minimum atomic E-state index is -1.15. The fraction of sp³-hybridized carbons (Fsp3) is 0.538. The Morgan fingerprint density at radius 2 is 1.80 bits per heavy atom. The van der Waals surface area contributed by atoms with Gasteiger partial charge in [-0.15, -0.1) is 0 Å². The lowest BCUT2D eigenvalue weighted by molar-refractivity contribution is -0.208. The summed E-state index contributed by atoms with van der Waals surface area (Å²) >= 11 is 0. The molecule has 9 heteroatoms. The first-order chi connectivity index (χ1) is 16.7. The zero-order valence-electron chi connectivity index (χ0n) is 19.9. The Hall–Kier alpha value is -3.36. The van der Waals surface area contributed by atoms with Gasteiger partial charge in [0.15, 0.2) is 11.9 Å². The number of carbonyl (C=O) groups is 4. The molecule has 2 aliphatic carbocycles. The van der Waals surface area contributed by atoms with Gasteiger partial charge in [-0.2, -0.15) is 0 Å². The highest BCUT2D eigenvalue weighted by Crippen LogP contribution is 2.65. The van der Waals surface area contributed by atoms with Crippen molar-refractivity contribution in [3.8, 4) is 0 Å². The second-order valence-electron chi connectivity index (χ2n) is 10.3. The Balaban J connectivity index is 1.55.